The van der Waals surface area contributed by atoms with E-state index in [1.165, 1.54) is 29.0 Å². The molecular weight excluding hydrogens is 268 g/mol. The van der Waals surface area contributed by atoms with Crippen molar-refractivity contribution in [3.8, 4) is 6.07 Å². The van der Waals surface area contributed by atoms with Crippen LogP contribution in [0, 0.1) is 21.4 Å². The van der Waals surface area contributed by atoms with Crippen LogP contribution >= 0.6 is 11.3 Å². The van der Waals surface area contributed by atoms with E-state index in [0.29, 0.717) is 0 Å². The van der Waals surface area contributed by atoms with E-state index in [1.807, 2.05) is 0 Å². The summed E-state index contributed by atoms with van der Waals surface area (Å²) in [6.07, 6.45) is 0. The summed E-state index contributed by atoms with van der Waals surface area (Å²) in [5, 5.41) is 23.6. The maximum absolute atomic E-state index is 11.8. The topological polar surface area (TPSA) is 109 Å². The SMILES string of the molecule is N#Cc1cc([N+](=O)[O-])ccc1NC(=O)c1cscn1. The highest BCUT2D eigenvalue weighted by atomic mass is 32.1. The van der Waals surface area contributed by atoms with Crippen molar-refractivity contribution in [2.45, 2.75) is 0 Å². The van der Waals surface area contributed by atoms with Crippen LogP contribution in [0.15, 0.2) is 29.1 Å². The molecule has 0 radical (unpaired) electrons. The molecule has 0 unspecified atom stereocenters. The van der Waals surface area contributed by atoms with Crippen molar-refractivity contribution in [3.63, 3.8) is 0 Å². The smallest absolute Gasteiger partial charge is 0.275 e. The van der Waals surface area contributed by atoms with E-state index in [-0.39, 0.29) is 22.6 Å². The van der Waals surface area contributed by atoms with Gasteiger partial charge in [0.2, 0.25) is 0 Å². The van der Waals surface area contributed by atoms with Crippen LogP contribution < -0.4 is 5.32 Å². The van der Waals surface area contributed by atoms with Crippen LogP contribution in [0.3, 0.4) is 0 Å². The van der Waals surface area contributed by atoms with E-state index in [0.717, 1.165) is 6.07 Å². The number of nitriles is 1. The summed E-state index contributed by atoms with van der Waals surface area (Å²) < 4.78 is 0. The molecule has 8 heteroatoms. The number of aromatic nitrogens is 1. The molecule has 1 N–H and O–H groups in total. The third kappa shape index (κ3) is 2.72. The number of hydrogen-bond donors (Lipinski definition) is 1. The van der Waals surface area contributed by atoms with E-state index in [2.05, 4.69) is 10.3 Å². The first-order valence-corrected chi connectivity index (χ1v) is 5.94. The lowest BCUT2D eigenvalue weighted by Crippen LogP contribution is -2.13. The lowest BCUT2D eigenvalue weighted by atomic mass is 10.1. The van der Waals surface area contributed by atoms with Crippen molar-refractivity contribution in [1.29, 1.82) is 5.26 Å². The molecule has 0 atom stereocenters. The first-order valence-electron chi connectivity index (χ1n) is 5.00. The van der Waals surface area contributed by atoms with Crippen molar-refractivity contribution in [1.82, 2.24) is 4.98 Å². The van der Waals surface area contributed by atoms with Crippen LogP contribution in [0.25, 0.3) is 0 Å². The van der Waals surface area contributed by atoms with Gasteiger partial charge in [-0.3, -0.25) is 14.9 Å². The second kappa shape index (κ2) is 5.24. The number of non-ortho nitro benzene ring substituents is 1. The fourth-order valence-electron chi connectivity index (χ4n) is 1.36. The summed E-state index contributed by atoms with van der Waals surface area (Å²) >= 11 is 1.27. The van der Waals surface area contributed by atoms with Crippen molar-refractivity contribution in [2.24, 2.45) is 0 Å². The average molecular weight is 274 g/mol. The van der Waals surface area contributed by atoms with Crippen molar-refractivity contribution in [3.05, 3.63) is 50.5 Å². The molecule has 0 saturated heterocycles. The Morgan fingerprint density at radius 1 is 1.53 bits per heavy atom. The number of nitrogens with one attached hydrogen (secondary N) is 1. The van der Waals surface area contributed by atoms with Crippen LogP contribution in [0.2, 0.25) is 0 Å². The Bertz CT molecular complexity index is 676. The van der Waals surface area contributed by atoms with Crippen LogP contribution in [0.1, 0.15) is 16.1 Å². The summed E-state index contributed by atoms with van der Waals surface area (Å²) in [7, 11) is 0. The molecule has 1 heterocycles. The van der Waals surface area contributed by atoms with Gasteiger partial charge >= 0.3 is 0 Å². The minimum absolute atomic E-state index is 0.0257. The largest absolute Gasteiger partial charge is 0.319 e. The van der Waals surface area contributed by atoms with Crippen molar-refractivity contribution >= 4 is 28.6 Å². The van der Waals surface area contributed by atoms with Gasteiger partial charge in [0.25, 0.3) is 11.6 Å². The molecule has 0 saturated carbocycles. The molecule has 7 nitrogen and oxygen atoms in total. The molecule has 1 aromatic carbocycles. The molecule has 0 aliphatic heterocycles. The van der Waals surface area contributed by atoms with E-state index in [9.17, 15) is 14.9 Å². The first-order chi connectivity index (χ1) is 9.11. The zero-order valence-corrected chi connectivity index (χ0v) is 10.2. The fourth-order valence-corrected chi connectivity index (χ4v) is 1.89. The molecule has 2 aromatic rings. The van der Waals surface area contributed by atoms with Gasteiger partial charge in [-0.05, 0) is 6.07 Å². The summed E-state index contributed by atoms with van der Waals surface area (Å²) in [6, 6.07) is 5.45. The molecule has 0 bridgehead atoms. The highest BCUT2D eigenvalue weighted by Gasteiger charge is 2.14. The Balaban J connectivity index is 2.28. The molecule has 0 aliphatic rings. The normalized spacial score (nSPS) is 9.63. The minimum Gasteiger partial charge on any atom is -0.319 e. The zero-order valence-electron chi connectivity index (χ0n) is 9.36. The van der Waals surface area contributed by atoms with Crippen molar-refractivity contribution in [2.75, 3.05) is 5.32 Å². The number of anilines is 1. The highest BCUT2D eigenvalue weighted by Crippen LogP contribution is 2.21. The van der Waals surface area contributed by atoms with Gasteiger partial charge in [-0.2, -0.15) is 5.26 Å². The molecular formula is C11H6N4O3S. The summed E-state index contributed by atoms with van der Waals surface area (Å²) in [4.78, 5) is 25.6. The van der Waals surface area contributed by atoms with E-state index in [1.54, 1.807) is 11.4 Å². The zero-order chi connectivity index (χ0) is 13.8. The van der Waals surface area contributed by atoms with Crippen molar-refractivity contribution < 1.29 is 9.72 Å². The Hall–Kier alpha value is -2.79. The lowest BCUT2D eigenvalue weighted by Gasteiger charge is -2.05. The highest BCUT2D eigenvalue weighted by molar-refractivity contribution is 7.07. The lowest BCUT2D eigenvalue weighted by molar-refractivity contribution is -0.384. The number of carbonyl (C=O) groups is 1. The number of thiazole rings is 1. The monoisotopic (exact) mass is 274 g/mol. The van der Waals surface area contributed by atoms with Gasteiger partial charge in [-0.1, -0.05) is 0 Å². The van der Waals surface area contributed by atoms with E-state index < -0.39 is 10.8 Å². The number of amides is 1. The van der Waals surface area contributed by atoms with Crippen LogP contribution in [-0.4, -0.2) is 15.8 Å². The van der Waals surface area contributed by atoms with Gasteiger partial charge < -0.3 is 5.32 Å². The average Bonchev–Trinajstić information content (AvgIpc) is 2.92. The molecule has 19 heavy (non-hydrogen) atoms. The summed E-state index contributed by atoms with van der Waals surface area (Å²) in [5.74, 6) is -0.466. The summed E-state index contributed by atoms with van der Waals surface area (Å²) in [6.45, 7) is 0. The third-order valence-electron chi connectivity index (χ3n) is 2.25. The van der Waals surface area contributed by atoms with Crippen LogP contribution in [-0.2, 0) is 0 Å². The maximum Gasteiger partial charge on any atom is 0.275 e. The number of nitro groups is 1. The number of rotatable bonds is 3. The predicted molar refractivity (Wildman–Crippen MR) is 67.9 cm³/mol. The Morgan fingerprint density at radius 3 is 2.89 bits per heavy atom. The Kier molecular flexibility index (Phi) is 3.49. The molecule has 0 aliphatic carbocycles. The second-order valence-corrected chi connectivity index (χ2v) is 4.15. The van der Waals surface area contributed by atoms with Gasteiger partial charge in [-0.25, -0.2) is 4.98 Å². The van der Waals surface area contributed by atoms with Gasteiger partial charge in [0.1, 0.15) is 11.8 Å². The van der Waals surface area contributed by atoms with Gasteiger partial charge in [-0.15, -0.1) is 11.3 Å². The second-order valence-electron chi connectivity index (χ2n) is 3.43. The Labute approximate surface area is 111 Å². The Morgan fingerprint density at radius 2 is 2.32 bits per heavy atom. The van der Waals surface area contributed by atoms with E-state index >= 15 is 0 Å². The minimum atomic E-state index is -0.604. The number of benzene rings is 1. The first kappa shape index (κ1) is 12.7. The third-order valence-corrected chi connectivity index (χ3v) is 2.83. The number of nitrogens with zero attached hydrogens (tertiary/aromatic N) is 3. The fraction of sp³-hybridized carbons (Fsp3) is 0. The maximum atomic E-state index is 11.8. The molecule has 94 valence electrons. The molecule has 0 spiro atoms. The van der Waals surface area contributed by atoms with E-state index in [4.69, 9.17) is 5.26 Å². The van der Waals surface area contributed by atoms with Gasteiger partial charge in [0.15, 0.2) is 0 Å². The van der Waals surface area contributed by atoms with Gasteiger partial charge in [0, 0.05) is 17.5 Å². The quantitative estimate of drug-likeness (QED) is 0.681. The molecule has 1 amide bonds. The molecule has 2 rings (SSSR count). The van der Waals surface area contributed by atoms with Crippen LogP contribution in [0.4, 0.5) is 11.4 Å². The van der Waals surface area contributed by atoms with Crippen LogP contribution in [0.5, 0.6) is 0 Å². The predicted octanol–water partition coefficient (Wildman–Crippen LogP) is 2.18. The molecule has 0 fully saturated rings. The number of hydrogen-bond acceptors (Lipinski definition) is 6. The standard InChI is InChI=1S/C11H6N4O3S/c12-4-7-3-8(15(17)18)1-2-9(7)14-11(16)10-5-19-6-13-10/h1-3,5-6H,(H,14,16). The summed E-state index contributed by atoms with van der Waals surface area (Å²) in [5.41, 5.74) is 1.77. The van der Waals surface area contributed by atoms with Gasteiger partial charge in [0.05, 0.1) is 21.7 Å². The molecule has 1 aromatic heterocycles. The number of carbonyl (C=O) groups excluding carboxylic acids is 1. The number of nitro benzene ring substituents is 1.